The van der Waals surface area contributed by atoms with Gasteiger partial charge in [0.15, 0.2) is 0 Å². The van der Waals surface area contributed by atoms with E-state index in [9.17, 15) is 14.4 Å². The first-order chi connectivity index (χ1) is 14.4. The fraction of sp³-hybridized carbons (Fsp3) is 0.609. The third-order valence-corrected chi connectivity index (χ3v) is 4.41. The van der Waals surface area contributed by atoms with Gasteiger partial charge in [-0.3, -0.25) is 4.79 Å². The molecule has 2 N–H and O–H groups in total. The van der Waals surface area contributed by atoms with Crippen LogP contribution in [0.15, 0.2) is 24.3 Å². The van der Waals surface area contributed by atoms with Crippen LogP contribution in [0.4, 0.5) is 4.79 Å². The standard InChI is InChI=1S/C23H36N2O6/c1-15(2)12-19(21(27)30-7)25-20(26)17(14-24-22(28)31-23(3,4)5)13-16-8-10-18(29-6)11-9-16/h8-11,15,17,19H,12-14H2,1-7H3,(H,24,28)(H,25,26)/t17?,19-/m0/s1. The van der Waals surface area contributed by atoms with Gasteiger partial charge in [0.2, 0.25) is 5.91 Å². The van der Waals surface area contributed by atoms with E-state index in [2.05, 4.69) is 10.6 Å². The maximum Gasteiger partial charge on any atom is 0.407 e. The lowest BCUT2D eigenvalue weighted by Gasteiger charge is -2.24. The first-order valence-corrected chi connectivity index (χ1v) is 10.4. The van der Waals surface area contributed by atoms with Crippen molar-refractivity contribution >= 4 is 18.0 Å². The maximum atomic E-state index is 13.0. The molecule has 2 atom stereocenters. The van der Waals surface area contributed by atoms with Gasteiger partial charge in [-0.2, -0.15) is 0 Å². The Labute approximate surface area is 185 Å². The second kappa shape index (κ2) is 12.2. The van der Waals surface area contributed by atoms with E-state index in [1.54, 1.807) is 27.9 Å². The van der Waals surface area contributed by atoms with Crippen molar-refractivity contribution in [2.24, 2.45) is 11.8 Å². The third kappa shape index (κ3) is 10.2. The van der Waals surface area contributed by atoms with Crippen LogP contribution in [-0.2, 0) is 25.5 Å². The molecule has 0 aliphatic rings. The van der Waals surface area contributed by atoms with E-state index in [4.69, 9.17) is 14.2 Å². The monoisotopic (exact) mass is 436 g/mol. The highest BCUT2D eigenvalue weighted by Crippen LogP contribution is 2.16. The van der Waals surface area contributed by atoms with Gasteiger partial charge >= 0.3 is 12.1 Å². The van der Waals surface area contributed by atoms with Crippen molar-refractivity contribution in [3.63, 3.8) is 0 Å². The molecule has 0 aliphatic heterocycles. The van der Waals surface area contributed by atoms with E-state index in [1.807, 2.05) is 38.1 Å². The zero-order valence-electron chi connectivity index (χ0n) is 19.6. The number of rotatable bonds is 10. The predicted octanol–water partition coefficient (Wildman–Crippen LogP) is 3.08. The maximum absolute atomic E-state index is 13.0. The van der Waals surface area contributed by atoms with Crippen LogP contribution in [0.5, 0.6) is 5.75 Å². The van der Waals surface area contributed by atoms with Crippen LogP contribution < -0.4 is 15.4 Å². The predicted molar refractivity (Wildman–Crippen MR) is 118 cm³/mol. The lowest BCUT2D eigenvalue weighted by atomic mass is 9.96. The van der Waals surface area contributed by atoms with Crippen molar-refractivity contribution in [3.8, 4) is 5.75 Å². The highest BCUT2D eigenvalue weighted by Gasteiger charge is 2.28. The van der Waals surface area contributed by atoms with Gasteiger partial charge in [0.1, 0.15) is 17.4 Å². The SMILES string of the molecule is COC(=O)[C@H](CC(C)C)NC(=O)C(CNC(=O)OC(C)(C)C)Cc1ccc(OC)cc1. The number of ether oxygens (including phenoxy) is 3. The Bertz CT molecular complexity index is 725. The minimum atomic E-state index is -0.752. The Balaban J connectivity index is 2.95. The highest BCUT2D eigenvalue weighted by atomic mass is 16.6. The van der Waals surface area contributed by atoms with E-state index in [0.717, 1.165) is 5.56 Å². The summed E-state index contributed by atoms with van der Waals surface area (Å²) >= 11 is 0. The van der Waals surface area contributed by atoms with Crippen LogP contribution >= 0.6 is 0 Å². The largest absolute Gasteiger partial charge is 0.497 e. The molecule has 0 saturated carbocycles. The molecule has 0 spiro atoms. The zero-order chi connectivity index (χ0) is 23.6. The van der Waals surface area contributed by atoms with Gasteiger partial charge < -0.3 is 24.8 Å². The van der Waals surface area contributed by atoms with Gasteiger partial charge in [0, 0.05) is 6.54 Å². The number of carbonyl (C=O) groups excluding carboxylic acids is 3. The fourth-order valence-corrected chi connectivity index (χ4v) is 2.94. The fourth-order valence-electron chi connectivity index (χ4n) is 2.94. The van der Waals surface area contributed by atoms with E-state index in [-0.39, 0.29) is 18.4 Å². The molecule has 0 fully saturated rings. The molecule has 0 saturated heterocycles. The molecule has 174 valence electrons. The molecule has 0 heterocycles. The number of methoxy groups -OCH3 is 2. The first-order valence-electron chi connectivity index (χ1n) is 10.4. The Kier molecular flexibility index (Phi) is 10.3. The quantitative estimate of drug-likeness (QED) is 0.547. The summed E-state index contributed by atoms with van der Waals surface area (Å²) in [6.45, 7) is 9.27. The summed E-state index contributed by atoms with van der Waals surface area (Å²) in [7, 11) is 2.87. The number of benzene rings is 1. The van der Waals surface area contributed by atoms with Crippen LogP contribution in [0.1, 0.15) is 46.6 Å². The summed E-state index contributed by atoms with van der Waals surface area (Å²) in [4.78, 5) is 37.2. The van der Waals surface area contributed by atoms with Gasteiger partial charge in [0.25, 0.3) is 0 Å². The molecule has 1 unspecified atom stereocenters. The molecule has 1 rings (SSSR count). The first kappa shape index (κ1) is 26.3. The highest BCUT2D eigenvalue weighted by molar-refractivity contribution is 5.86. The zero-order valence-corrected chi connectivity index (χ0v) is 19.6. The normalized spacial score (nSPS) is 13.2. The summed E-state index contributed by atoms with van der Waals surface area (Å²) in [5.74, 6) is -0.558. The molecule has 0 aromatic heterocycles. The number of hydrogen-bond acceptors (Lipinski definition) is 6. The van der Waals surface area contributed by atoms with Crippen LogP contribution in [0, 0.1) is 11.8 Å². The molecule has 1 aromatic rings. The average Bonchev–Trinajstić information content (AvgIpc) is 2.68. The minimum Gasteiger partial charge on any atom is -0.497 e. The van der Waals surface area contributed by atoms with E-state index in [1.165, 1.54) is 7.11 Å². The van der Waals surface area contributed by atoms with Crippen LogP contribution in [-0.4, -0.2) is 50.4 Å². The number of carbonyl (C=O) groups is 3. The third-order valence-electron chi connectivity index (χ3n) is 4.41. The summed E-state index contributed by atoms with van der Waals surface area (Å²) < 4.78 is 15.3. The van der Waals surface area contributed by atoms with Crippen LogP contribution in [0.25, 0.3) is 0 Å². The molecule has 31 heavy (non-hydrogen) atoms. The van der Waals surface area contributed by atoms with Crippen LogP contribution in [0.3, 0.4) is 0 Å². The number of amides is 2. The van der Waals surface area contributed by atoms with Crippen molar-refractivity contribution in [2.75, 3.05) is 20.8 Å². The summed E-state index contributed by atoms with van der Waals surface area (Å²) in [6.07, 6.45) is 0.209. The Morgan fingerprint density at radius 3 is 2.13 bits per heavy atom. The second-order valence-corrected chi connectivity index (χ2v) is 8.85. The van der Waals surface area contributed by atoms with Gasteiger partial charge in [0.05, 0.1) is 20.1 Å². The molecule has 8 heteroatoms. The smallest absolute Gasteiger partial charge is 0.407 e. The van der Waals surface area contributed by atoms with Gasteiger partial charge in [-0.25, -0.2) is 9.59 Å². The molecule has 2 amide bonds. The molecule has 1 aromatic carbocycles. The Hall–Kier alpha value is -2.77. The van der Waals surface area contributed by atoms with Crippen LogP contribution in [0.2, 0.25) is 0 Å². The second-order valence-electron chi connectivity index (χ2n) is 8.85. The van der Waals surface area contributed by atoms with Crippen molar-refractivity contribution in [2.45, 2.75) is 59.1 Å². The van der Waals surface area contributed by atoms with Gasteiger partial charge in [-0.05, 0) is 57.2 Å². The number of nitrogens with one attached hydrogen (secondary N) is 2. The molecular formula is C23H36N2O6. The van der Waals surface area contributed by atoms with Crippen molar-refractivity contribution < 1.29 is 28.6 Å². The molecule has 0 bridgehead atoms. The van der Waals surface area contributed by atoms with Crippen molar-refractivity contribution in [1.82, 2.24) is 10.6 Å². The van der Waals surface area contributed by atoms with Crippen molar-refractivity contribution in [3.05, 3.63) is 29.8 Å². The average molecular weight is 437 g/mol. The number of alkyl carbamates (subject to hydrolysis) is 1. The van der Waals surface area contributed by atoms with Gasteiger partial charge in [-0.1, -0.05) is 26.0 Å². The minimum absolute atomic E-state index is 0.0579. The Morgan fingerprint density at radius 1 is 1.03 bits per heavy atom. The summed E-state index contributed by atoms with van der Waals surface area (Å²) in [6, 6.07) is 6.58. The topological polar surface area (TPSA) is 103 Å². The van der Waals surface area contributed by atoms with E-state index >= 15 is 0 Å². The van der Waals surface area contributed by atoms with E-state index < -0.39 is 29.6 Å². The van der Waals surface area contributed by atoms with E-state index in [0.29, 0.717) is 18.6 Å². The lowest BCUT2D eigenvalue weighted by molar-refractivity contribution is -0.146. The molecule has 0 radical (unpaired) electrons. The van der Waals surface area contributed by atoms with Gasteiger partial charge in [-0.15, -0.1) is 0 Å². The molecular weight excluding hydrogens is 400 g/mol. The summed E-state index contributed by atoms with van der Waals surface area (Å²) in [5, 5.41) is 5.44. The number of hydrogen-bond donors (Lipinski definition) is 2. The lowest BCUT2D eigenvalue weighted by Crippen LogP contribution is -2.48. The molecule has 0 aliphatic carbocycles. The Morgan fingerprint density at radius 2 is 1.65 bits per heavy atom. The van der Waals surface area contributed by atoms with Crippen molar-refractivity contribution in [1.29, 1.82) is 0 Å². The summed E-state index contributed by atoms with van der Waals surface area (Å²) in [5.41, 5.74) is 0.246. The number of esters is 1. The molecule has 8 nitrogen and oxygen atoms in total.